The Balaban J connectivity index is 2.53. The Labute approximate surface area is 101 Å². The third kappa shape index (κ3) is 3.68. The quantitative estimate of drug-likeness (QED) is 0.712. The Morgan fingerprint density at radius 3 is 2.06 bits per heavy atom. The molecule has 1 aliphatic rings. The normalized spacial score (nSPS) is 19.9. The Morgan fingerprint density at radius 1 is 1.24 bits per heavy atom. The molecule has 0 radical (unpaired) electrons. The molecule has 98 valence electrons. The summed E-state index contributed by atoms with van der Waals surface area (Å²) in [4.78, 5) is 24.3. The summed E-state index contributed by atoms with van der Waals surface area (Å²) in [5, 5.41) is 0. The number of hydrogen-bond acceptors (Lipinski definition) is 3. The van der Waals surface area contributed by atoms with E-state index in [9.17, 15) is 14.0 Å². The average molecular weight is 245 g/mol. The van der Waals surface area contributed by atoms with Crippen molar-refractivity contribution in [1.29, 1.82) is 0 Å². The number of halogens is 1. The van der Waals surface area contributed by atoms with Gasteiger partial charge < -0.3 is 9.64 Å². The van der Waals surface area contributed by atoms with Crippen LogP contribution < -0.4 is 0 Å². The second kappa shape index (κ2) is 4.63. The Morgan fingerprint density at radius 2 is 1.71 bits per heavy atom. The molecule has 0 aromatic heterocycles. The standard InChI is InChI=1S/C12H20FNO3/c1-9(15)12(13)5-7-14(8-6-12)10(16)17-11(2,3)4/h5-8H2,1-4H3. The fourth-order valence-electron chi connectivity index (χ4n) is 1.72. The molecular weight excluding hydrogens is 225 g/mol. The largest absolute Gasteiger partial charge is 0.444 e. The zero-order valence-corrected chi connectivity index (χ0v) is 10.9. The summed E-state index contributed by atoms with van der Waals surface area (Å²) in [6, 6.07) is 0. The van der Waals surface area contributed by atoms with Gasteiger partial charge in [0, 0.05) is 25.9 Å². The molecule has 0 atom stereocenters. The molecule has 5 heteroatoms. The Kier molecular flexibility index (Phi) is 3.79. The van der Waals surface area contributed by atoms with Gasteiger partial charge in [-0.1, -0.05) is 0 Å². The van der Waals surface area contributed by atoms with Gasteiger partial charge in [-0.3, -0.25) is 4.79 Å². The highest BCUT2D eigenvalue weighted by molar-refractivity contribution is 5.85. The van der Waals surface area contributed by atoms with Gasteiger partial charge in [-0.15, -0.1) is 0 Å². The van der Waals surface area contributed by atoms with E-state index in [1.54, 1.807) is 20.8 Å². The maximum atomic E-state index is 13.9. The highest BCUT2D eigenvalue weighted by Crippen LogP contribution is 2.28. The zero-order chi connectivity index (χ0) is 13.3. The van der Waals surface area contributed by atoms with Gasteiger partial charge in [-0.05, 0) is 27.7 Å². The van der Waals surface area contributed by atoms with Crippen LogP contribution in [0.3, 0.4) is 0 Å². The van der Waals surface area contributed by atoms with Crippen molar-refractivity contribution < 1.29 is 18.7 Å². The predicted octanol–water partition coefficient (Wildman–Crippen LogP) is 2.31. The zero-order valence-electron chi connectivity index (χ0n) is 10.9. The Hall–Kier alpha value is -1.13. The molecule has 4 nitrogen and oxygen atoms in total. The number of Topliss-reactive ketones (excluding diaryl/α,β-unsaturated/α-hetero) is 1. The first-order valence-electron chi connectivity index (χ1n) is 5.82. The maximum Gasteiger partial charge on any atom is 0.410 e. The van der Waals surface area contributed by atoms with Crippen molar-refractivity contribution in [2.75, 3.05) is 13.1 Å². The molecule has 0 aromatic rings. The van der Waals surface area contributed by atoms with Crippen molar-refractivity contribution in [3.05, 3.63) is 0 Å². The van der Waals surface area contributed by atoms with E-state index in [1.807, 2.05) is 0 Å². The molecule has 1 fully saturated rings. The smallest absolute Gasteiger partial charge is 0.410 e. The van der Waals surface area contributed by atoms with Gasteiger partial charge in [0.1, 0.15) is 5.60 Å². The van der Waals surface area contributed by atoms with Crippen LogP contribution in [0.15, 0.2) is 0 Å². The van der Waals surface area contributed by atoms with Crippen molar-refractivity contribution in [1.82, 2.24) is 4.90 Å². The van der Waals surface area contributed by atoms with Crippen LogP contribution in [0.4, 0.5) is 9.18 Å². The van der Waals surface area contributed by atoms with Gasteiger partial charge in [-0.25, -0.2) is 9.18 Å². The first-order valence-corrected chi connectivity index (χ1v) is 5.82. The number of ketones is 1. The van der Waals surface area contributed by atoms with Crippen molar-refractivity contribution in [2.24, 2.45) is 0 Å². The summed E-state index contributed by atoms with van der Waals surface area (Å²) in [7, 11) is 0. The molecule has 0 bridgehead atoms. The number of nitrogens with zero attached hydrogens (tertiary/aromatic N) is 1. The van der Waals surface area contributed by atoms with E-state index in [4.69, 9.17) is 4.74 Å². The third-order valence-corrected chi connectivity index (χ3v) is 2.84. The fraction of sp³-hybridized carbons (Fsp3) is 0.833. The molecule has 1 saturated heterocycles. The molecule has 1 rings (SSSR count). The minimum absolute atomic E-state index is 0.0571. The minimum Gasteiger partial charge on any atom is -0.444 e. The van der Waals surface area contributed by atoms with E-state index in [0.29, 0.717) is 0 Å². The number of rotatable bonds is 1. The van der Waals surface area contributed by atoms with E-state index in [1.165, 1.54) is 11.8 Å². The van der Waals surface area contributed by atoms with Crippen LogP contribution in [-0.2, 0) is 9.53 Å². The molecule has 1 amide bonds. The molecule has 0 unspecified atom stereocenters. The molecule has 0 aromatic carbocycles. The van der Waals surface area contributed by atoms with Gasteiger partial charge in [0.15, 0.2) is 11.5 Å². The van der Waals surface area contributed by atoms with E-state index in [-0.39, 0.29) is 25.9 Å². The summed E-state index contributed by atoms with van der Waals surface area (Å²) in [6.07, 6.45) is -0.327. The van der Waals surface area contributed by atoms with Crippen LogP contribution in [0.2, 0.25) is 0 Å². The van der Waals surface area contributed by atoms with Crippen LogP contribution in [0.1, 0.15) is 40.5 Å². The van der Waals surface area contributed by atoms with Crippen LogP contribution in [0, 0.1) is 0 Å². The lowest BCUT2D eigenvalue weighted by Crippen LogP contribution is -2.48. The number of likely N-dealkylation sites (tertiary alicyclic amines) is 1. The second-order valence-corrected chi connectivity index (χ2v) is 5.49. The first kappa shape index (κ1) is 13.9. The third-order valence-electron chi connectivity index (χ3n) is 2.84. The van der Waals surface area contributed by atoms with E-state index < -0.39 is 23.1 Å². The molecule has 0 N–H and O–H groups in total. The lowest BCUT2D eigenvalue weighted by molar-refractivity contribution is -0.131. The second-order valence-electron chi connectivity index (χ2n) is 5.49. The van der Waals surface area contributed by atoms with Gasteiger partial charge in [-0.2, -0.15) is 0 Å². The number of ether oxygens (including phenoxy) is 1. The molecule has 0 spiro atoms. The monoisotopic (exact) mass is 245 g/mol. The summed E-state index contributed by atoms with van der Waals surface area (Å²) >= 11 is 0. The molecule has 17 heavy (non-hydrogen) atoms. The maximum absolute atomic E-state index is 13.9. The minimum atomic E-state index is -1.77. The predicted molar refractivity (Wildman–Crippen MR) is 61.6 cm³/mol. The van der Waals surface area contributed by atoms with E-state index >= 15 is 0 Å². The summed E-state index contributed by atoms with van der Waals surface area (Å²) in [6.45, 7) is 7.05. The molecule has 0 aliphatic carbocycles. The average Bonchev–Trinajstić information content (AvgIpc) is 2.15. The number of carbonyl (C=O) groups is 2. The van der Waals surface area contributed by atoms with Gasteiger partial charge in [0.05, 0.1) is 0 Å². The SMILES string of the molecule is CC(=O)C1(F)CCN(C(=O)OC(C)(C)C)CC1. The van der Waals surface area contributed by atoms with Gasteiger partial charge in [0.2, 0.25) is 0 Å². The number of alkyl halides is 1. The Bertz CT molecular complexity index is 314. The van der Waals surface area contributed by atoms with Crippen LogP contribution in [-0.4, -0.2) is 41.1 Å². The number of piperidine rings is 1. The molecular formula is C12H20FNO3. The molecule has 1 heterocycles. The number of amides is 1. The summed E-state index contributed by atoms with van der Waals surface area (Å²) in [5.41, 5.74) is -2.32. The molecule has 0 saturated carbocycles. The van der Waals surface area contributed by atoms with Crippen LogP contribution in [0.25, 0.3) is 0 Å². The van der Waals surface area contributed by atoms with Crippen LogP contribution >= 0.6 is 0 Å². The highest BCUT2D eigenvalue weighted by Gasteiger charge is 2.40. The lowest BCUT2D eigenvalue weighted by Gasteiger charge is -2.35. The van der Waals surface area contributed by atoms with Gasteiger partial charge in [0.25, 0.3) is 0 Å². The summed E-state index contributed by atoms with van der Waals surface area (Å²) in [5.74, 6) is -0.457. The van der Waals surface area contributed by atoms with E-state index in [0.717, 1.165) is 0 Å². The van der Waals surface area contributed by atoms with Crippen molar-refractivity contribution in [3.63, 3.8) is 0 Å². The summed E-state index contributed by atoms with van der Waals surface area (Å²) < 4.78 is 19.1. The highest BCUT2D eigenvalue weighted by atomic mass is 19.1. The lowest BCUT2D eigenvalue weighted by atomic mass is 9.90. The van der Waals surface area contributed by atoms with Gasteiger partial charge >= 0.3 is 6.09 Å². The van der Waals surface area contributed by atoms with E-state index in [2.05, 4.69) is 0 Å². The van der Waals surface area contributed by atoms with Crippen LogP contribution in [0.5, 0.6) is 0 Å². The fourth-order valence-corrected chi connectivity index (χ4v) is 1.72. The van der Waals surface area contributed by atoms with Crippen molar-refractivity contribution in [3.8, 4) is 0 Å². The molecule has 1 aliphatic heterocycles. The van der Waals surface area contributed by atoms with Crippen molar-refractivity contribution >= 4 is 11.9 Å². The number of carbonyl (C=O) groups excluding carboxylic acids is 2. The topological polar surface area (TPSA) is 46.6 Å². The first-order chi connectivity index (χ1) is 7.64. The van der Waals surface area contributed by atoms with Crippen molar-refractivity contribution in [2.45, 2.75) is 51.8 Å². The number of hydrogen-bond donors (Lipinski definition) is 0.